The van der Waals surface area contributed by atoms with Gasteiger partial charge in [0.05, 0.1) is 11.2 Å². The lowest BCUT2D eigenvalue weighted by Crippen LogP contribution is -1.95. The van der Waals surface area contributed by atoms with Crippen LogP contribution in [0.1, 0.15) is 0 Å². The highest BCUT2D eigenvalue weighted by Gasteiger charge is 2.12. The maximum atomic E-state index is 5.04. The molecule has 0 aliphatic rings. The van der Waals surface area contributed by atoms with Crippen LogP contribution in [0.5, 0.6) is 0 Å². The van der Waals surface area contributed by atoms with Crippen molar-refractivity contribution in [1.29, 1.82) is 0 Å². The second kappa shape index (κ2) is 7.22. The number of benzene rings is 5. The van der Waals surface area contributed by atoms with Crippen LogP contribution in [-0.2, 0) is 0 Å². The summed E-state index contributed by atoms with van der Waals surface area (Å²) in [6, 6.07) is 38.4. The molecule has 3 heteroatoms. The SMILES string of the molecule is c1ccc(-c2nc(-c3ccc4cc5sc6ccccc6c5cc4c3)nc3ccccc23)cc1. The van der Waals surface area contributed by atoms with Crippen molar-refractivity contribution in [3.8, 4) is 22.6 Å². The van der Waals surface area contributed by atoms with Crippen LogP contribution >= 0.6 is 11.3 Å². The summed E-state index contributed by atoms with van der Waals surface area (Å²) >= 11 is 1.85. The van der Waals surface area contributed by atoms with Gasteiger partial charge in [0.1, 0.15) is 0 Å². The first-order chi connectivity index (χ1) is 16.3. The van der Waals surface area contributed by atoms with E-state index in [4.69, 9.17) is 9.97 Å². The van der Waals surface area contributed by atoms with Gasteiger partial charge in [0, 0.05) is 36.7 Å². The molecule has 0 bridgehead atoms. The Morgan fingerprint density at radius 1 is 0.485 bits per heavy atom. The maximum Gasteiger partial charge on any atom is 0.160 e. The molecular weight excluding hydrogens is 420 g/mol. The van der Waals surface area contributed by atoms with Gasteiger partial charge in [-0.3, -0.25) is 0 Å². The van der Waals surface area contributed by atoms with E-state index in [1.165, 1.54) is 30.9 Å². The minimum atomic E-state index is 0.754. The van der Waals surface area contributed by atoms with Crippen molar-refractivity contribution in [2.45, 2.75) is 0 Å². The lowest BCUT2D eigenvalue weighted by atomic mass is 10.0. The summed E-state index contributed by atoms with van der Waals surface area (Å²) in [5, 5.41) is 6.14. The summed E-state index contributed by atoms with van der Waals surface area (Å²) in [6.45, 7) is 0. The summed E-state index contributed by atoms with van der Waals surface area (Å²) in [7, 11) is 0. The van der Waals surface area contributed by atoms with E-state index in [1.54, 1.807) is 0 Å². The average molecular weight is 439 g/mol. The van der Waals surface area contributed by atoms with Crippen LogP contribution in [0.3, 0.4) is 0 Å². The number of hydrogen-bond donors (Lipinski definition) is 0. The van der Waals surface area contributed by atoms with E-state index in [1.807, 2.05) is 29.5 Å². The molecule has 154 valence electrons. The zero-order valence-electron chi connectivity index (χ0n) is 17.7. The van der Waals surface area contributed by atoms with Gasteiger partial charge in [-0.1, -0.05) is 78.9 Å². The van der Waals surface area contributed by atoms with Crippen molar-refractivity contribution in [2.24, 2.45) is 0 Å². The molecule has 2 heterocycles. The van der Waals surface area contributed by atoms with Crippen molar-refractivity contribution in [2.75, 3.05) is 0 Å². The highest BCUT2D eigenvalue weighted by molar-refractivity contribution is 7.25. The molecule has 0 aliphatic carbocycles. The molecule has 0 atom stereocenters. The fourth-order valence-electron chi connectivity index (χ4n) is 4.63. The Labute approximate surface area is 194 Å². The Hall–Kier alpha value is -4.08. The first-order valence-corrected chi connectivity index (χ1v) is 11.8. The number of rotatable bonds is 2. The van der Waals surface area contributed by atoms with Crippen molar-refractivity contribution in [3.05, 3.63) is 109 Å². The fraction of sp³-hybridized carbons (Fsp3) is 0. The molecule has 0 N–H and O–H groups in total. The molecule has 0 spiro atoms. The number of nitrogens with zero attached hydrogens (tertiary/aromatic N) is 2. The summed E-state index contributed by atoms with van der Waals surface area (Å²) in [5.74, 6) is 0.754. The highest BCUT2D eigenvalue weighted by Crippen LogP contribution is 2.37. The third-order valence-corrected chi connectivity index (χ3v) is 7.38. The van der Waals surface area contributed by atoms with E-state index in [0.29, 0.717) is 0 Å². The number of fused-ring (bicyclic) bond motifs is 5. The fourth-order valence-corrected chi connectivity index (χ4v) is 5.77. The normalized spacial score (nSPS) is 11.6. The standard InChI is InChI=1S/C30H18N2S/c1-2-8-19(9-3-1)29-24-11-4-6-12-26(24)31-30(32-29)21-15-14-20-18-28-25(17-22(20)16-21)23-10-5-7-13-27(23)33-28/h1-18H. The summed E-state index contributed by atoms with van der Waals surface area (Å²) in [5.41, 5.74) is 4.06. The van der Waals surface area contributed by atoms with Crippen LogP contribution in [0.25, 0.3) is 64.5 Å². The van der Waals surface area contributed by atoms with Crippen LogP contribution in [0, 0.1) is 0 Å². The molecule has 7 aromatic rings. The van der Waals surface area contributed by atoms with E-state index in [-0.39, 0.29) is 0 Å². The molecule has 0 amide bonds. The molecule has 0 radical (unpaired) electrons. The molecular formula is C30H18N2S. The molecule has 0 fully saturated rings. The lowest BCUT2D eigenvalue weighted by Gasteiger charge is -2.10. The van der Waals surface area contributed by atoms with Gasteiger partial charge in [0.2, 0.25) is 0 Å². The summed E-state index contributed by atoms with van der Waals surface area (Å²) in [4.78, 5) is 9.97. The van der Waals surface area contributed by atoms with Gasteiger partial charge in [-0.15, -0.1) is 11.3 Å². The molecule has 33 heavy (non-hydrogen) atoms. The Kier molecular flexibility index (Phi) is 4.05. The van der Waals surface area contributed by atoms with E-state index in [9.17, 15) is 0 Å². The van der Waals surface area contributed by atoms with Gasteiger partial charge in [0.15, 0.2) is 5.82 Å². The van der Waals surface area contributed by atoms with Gasteiger partial charge in [-0.2, -0.15) is 0 Å². The second-order valence-corrected chi connectivity index (χ2v) is 9.37. The van der Waals surface area contributed by atoms with Crippen molar-refractivity contribution in [3.63, 3.8) is 0 Å². The number of para-hydroxylation sites is 1. The van der Waals surface area contributed by atoms with Gasteiger partial charge in [-0.05, 0) is 41.1 Å². The van der Waals surface area contributed by atoms with Gasteiger partial charge < -0.3 is 0 Å². The minimum absolute atomic E-state index is 0.754. The van der Waals surface area contributed by atoms with Crippen molar-refractivity contribution < 1.29 is 0 Å². The average Bonchev–Trinajstić information content (AvgIpc) is 3.24. The quantitative estimate of drug-likeness (QED) is 0.270. The summed E-state index contributed by atoms with van der Waals surface area (Å²) < 4.78 is 2.65. The zero-order chi connectivity index (χ0) is 21.8. The Morgan fingerprint density at radius 2 is 1.27 bits per heavy atom. The Balaban J connectivity index is 1.46. The van der Waals surface area contributed by atoms with Gasteiger partial charge in [-0.25, -0.2) is 9.97 Å². The largest absolute Gasteiger partial charge is 0.228 e. The molecule has 0 unspecified atom stereocenters. The number of thiophene rings is 1. The van der Waals surface area contributed by atoms with Crippen molar-refractivity contribution in [1.82, 2.24) is 9.97 Å². The zero-order valence-corrected chi connectivity index (χ0v) is 18.5. The lowest BCUT2D eigenvalue weighted by molar-refractivity contribution is 1.23. The highest BCUT2D eigenvalue weighted by atomic mass is 32.1. The van der Waals surface area contributed by atoms with E-state index >= 15 is 0 Å². The second-order valence-electron chi connectivity index (χ2n) is 8.29. The first kappa shape index (κ1) is 18.5. The van der Waals surface area contributed by atoms with Crippen LogP contribution in [0.2, 0.25) is 0 Å². The number of aromatic nitrogens is 2. The number of hydrogen-bond acceptors (Lipinski definition) is 3. The smallest absolute Gasteiger partial charge is 0.160 e. The molecule has 7 rings (SSSR count). The predicted molar refractivity (Wildman–Crippen MR) is 141 cm³/mol. The van der Waals surface area contributed by atoms with Gasteiger partial charge >= 0.3 is 0 Å². The molecule has 0 saturated carbocycles. The topological polar surface area (TPSA) is 25.8 Å². The van der Waals surface area contributed by atoms with Crippen LogP contribution in [0.4, 0.5) is 0 Å². The predicted octanol–water partition coefficient (Wildman–Crippen LogP) is 8.48. The van der Waals surface area contributed by atoms with E-state index < -0.39 is 0 Å². The van der Waals surface area contributed by atoms with Gasteiger partial charge in [0.25, 0.3) is 0 Å². The third-order valence-electron chi connectivity index (χ3n) is 6.24. The monoisotopic (exact) mass is 438 g/mol. The van der Waals surface area contributed by atoms with Crippen molar-refractivity contribution >= 4 is 53.2 Å². The van der Waals surface area contributed by atoms with Crippen LogP contribution < -0.4 is 0 Å². The Morgan fingerprint density at radius 3 is 2.18 bits per heavy atom. The minimum Gasteiger partial charge on any atom is -0.228 e. The third kappa shape index (κ3) is 3.01. The first-order valence-electron chi connectivity index (χ1n) is 11.0. The van der Waals surface area contributed by atoms with Crippen LogP contribution in [0.15, 0.2) is 109 Å². The summed E-state index contributed by atoms with van der Waals surface area (Å²) in [6.07, 6.45) is 0. The van der Waals surface area contributed by atoms with E-state index in [2.05, 4.69) is 91.0 Å². The Bertz CT molecular complexity index is 1820. The van der Waals surface area contributed by atoms with E-state index in [0.717, 1.165) is 33.5 Å². The maximum absolute atomic E-state index is 5.04. The molecule has 0 saturated heterocycles. The molecule has 2 nitrogen and oxygen atoms in total. The van der Waals surface area contributed by atoms with Crippen LogP contribution in [-0.4, -0.2) is 9.97 Å². The molecule has 5 aromatic carbocycles. The molecule has 2 aromatic heterocycles. The molecule has 0 aliphatic heterocycles.